The van der Waals surface area contributed by atoms with Crippen molar-refractivity contribution < 1.29 is 9.90 Å². The molecule has 0 radical (unpaired) electrons. The smallest absolute Gasteiger partial charge is 0.337 e. The van der Waals surface area contributed by atoms with Gasteiger partial charge in [0.05, 0.1) is 11.3 Å². The van der Waals surface area contributed by atoms with Gasteiger partial charge in [-0.25, -0.2) is 4.79 Å². The van der Waals surface area contributed by atoms with Crippen LogP contribution in [0.2, 0.25) is 0 Å². The van der Waals surface area contributed by atoms with Crippen LogP contribution in [-0.2, 0) is 6.54 Å². The quantitative estimate of drug-likeness (QED) is 0.782. The van der Waals surface area contributed by atoms with Crippen molar-refractivity contribution in [1.82, 2.24) is 10.3 Å². The first kappa shape index (κ1) is 12.8. The summed E-state index contributed by atoms with van der Waals surface area (Å²) < 4.78 is 0. The lowest BCUT2D eigenvalue weighted by Crippen LogP contribution is -2.23. The minimum atomic E-state index is -0.934. The zero-order chi connectivity index (χ0) is 12.8. The van der Waals surface area contributed by atoms with Crippen LogP contribution >= 0.6 is 0 Å². The number of carboxylic acids is 1. The first-order chi connectivity index (χ1) is 8.75. The molecule has 2 rings (SSSR count). The SMILES string of the molecule is O=C(O)c1ccc(CNCC2CC=CCC2)nc1. The number of aromatic nitrogens is 1. The van der Waals surface area contributed by atoms with Gasteiger partial charge in [-0.05, 0) is 43.9 Å². The molecule has 1 aromatic heterocycles. The number of rotatable bonds is 5. The molecule has 0 amide bonds. The first-order valence-electron chi connectivity index (χ1n) is 6.29. The molecule has 1 unspecified atom stereocenters. The summed E-state index contributed by atoms with van der Waals surface area (Å²) in [5, 5.41) is 12.1. The van der Waals surface area contributed by atoms with Crippen molar-refractivity contribution in [3.8, 4) is 0 Å². The lowest BCUT2D eigenvalue weighted by molar-refractivity contribution is 0.0696. The Morgan fingerprint density at radius 1 is 1.44 bits per heavy atom. The van der Waals surface area contributed by atoms with E-state index in [9.17, 15) is 4.79 Å². The highest BCUT2D eigenvalue weighted by Crippen LogP contribution is 2.16. The minimum Gasteiger partial charge on any atom is -0.478 e. The van der Waals surface area contributed by atoms with Crippen LogP contribution in [0.15, 0.2) is 30.5 Å². The average Bonchev–Trinajstić information content (AvgIpc) is 2.40. The Hall–Kier alpha value is -1.68. The van der Waals surface area contributed by atoms with Crippen LogP contribution < -0.4 is 5.32 Å². The Labute approximate surface area is 107 Å². The topological polar surface area (TPSA) is 62.2 Å². The normalized spacial score (nSPS) is 18.8. The molecule has 1 aliphatic rings. The van der Waals surface area contributed by atoms with Crippen molar-refractivity contribution in [3.63, 3.8) is 0 Å². The summed E-state index contributed by atoms with van der Waals surface area (Å²) in [4.78, 5) is 14.8. The number of pyridine rings is 1. The highest BCUT2D eigenvalue weighted by atomic mass is 16.4. The lowest BCUT2D eigenvalue weighted by Gasteiger charge is -2.17. The van der Waals surface area contributed by atoms with E-state index >= 15 is 0 Å². The molecule has 0 spiro atoms. The Morgan fingerprint density at radius 3 is 2.94 bits per heavy atom. The van der Waals surface area contributed by atoms with Crippen LogP contribution in [0, 0.1) is 5.92 Å². The van der Waals surface area contributed by atoms with Crippen LogP contribution in [0.5, 0.6) is 0 Å². The summed E-state index contributed by atoms with van der Waals surface area (Å²) in [7, 11) is 0. The van der Waals surface area contributed by atoms with Crippen LogP contribution in [-0.4, -0.2) is 22.6 Å². The molecule has 18 heavy (non-hydrogen) atoms. The molecule has 0 saturated heterocycles. The van der Waals surface area contributed by atoms with Crippen LogP contribution in [0.3, 0.4) is 0 Å². The third-order valence-corrected chi connectivity index (χ3v) is 3.19. The Morgan fingerprint density at radius 2 is 2.33 bits per heavy atom. The van der Waals surface area contributed by atoms with Gasteiger partial charge in [-0.15, -0.1) is 0 Å². The molecule has 4 heteroatoms. The molecule has 4 nitrogen and oxygen atoms in total. The Bertz CT molecular complexity index is 426. The molecule has 1 heterocycles. The molecule has 96 valence electrons. The molecule has 1 atom stereocenters. The van der Waals surface area contributed by atoms with E-state index in [4.69, 9.17) is 5.11 Å². The maximum atomic E-state index is 10.7. The van der Waals surface area contributed by atoms with Crippen LogP contribution in [0.1, 0.15) is 35.3 Å². The number of nitrogens with zero attached hydrogens (tertiary/aromatic N) is 1. The number of hydrogen-bond acceptors (Lipinski definition) is 3. The fraction of sp³-hybridized carbons (Fsp3) is 0.429. The van der Waals surface area contributed by atoms with Crippen LogP contribution in [0.25, 0.3) is 0 Å². The summed E-state index contributed by atoms with van der Waals surface area (Å²) in [5.41, 5.74) is 1.11. The van der Waals surface area contributed by atoms with Gasteiger partial charge in [0.15, 0.2) is 0 Å². The predicted octanol–water partition coefficient (Wildman–Crippen LogP) is 2.23. The van der Waals surface area contributed by atoms with Gasteiger partial charge < -0.3 is 10.4 Å². The van der Waals surface area contributed by atoms with Gasteiger partial charge >= 0.3 is 5.97 Å². The predicted molar refractivity (Wildman–Crippen MR) is 69.4 cm³/mol. The van der Waals surface area contributed by atoms with Gasteiger partial charge in [-0.2, -0.15) is 0 Å². The van der Waals surface area contributed by atoms with E-state index < -0.39 is 5.97 Å². The van der Waals surface area contributed by atoms with E-state index in [2.05, 4.69) is 22.5 Å². The molecule has 0 aromatic carbocycles. The van der Waals surface area contributed by atoms with Gasteiger partial charge in [0.2, 0.25) is 0 Å². The van der Waals surface area contributed by atoms with E-state index in [0.29, 0.717) is 12.5 Å². The molecule has 1 aliphatic carbocycles. The van der Waals surface area contributed by atoms with Gasteiger partial charge in [0, 0.05) is 12.7 Å². The van der Waals surface area contributed by atoms with E-state index in [1.165, 1.54) is 19.0 Å². The zero-order valence-electron chi connectivity index (χ0n) is 10.3. The summed E-state index contributed by atoms with van der Waals surface area (Å²) in [6, 6.07) is 3.35. The van der Waals surface area contributed by atoms with Crippen molar-refractivity contribution in [2.24, 2.45) is 5.92 Å². The minimum absolute atomic E-state index is 0.233. The van der Waals surface area contributed by atoms with Gasteiger partial charge in [0.25, 0.3) is 0 Å². The van der Waals surface area contributed by atoms with E-state index in [-0.39, 0.29) is 5.56 Å². The number of carboxylic acid groups (broad SMARTS) is 1. The molecule has 2 N–H and O–H groups in total. The largest absolute Gasteiger partial charge is 0.478 e. The highest BCUT2D eigenvalue weighted by Gasteiger charge is 2.09. The number of carbonyl (C=O) groups is 1. The second-order valence-corrected chi connectivity index (χ2v) is 4.62. The van der Waals surface area contributed by atoms with Crippen molar-refractivity contribution in [3.05, 3.63) is 41.7 Å². The third kappa shape index (κ3) is 3.67. The summed E-state index contributed by atoms with van der Waals surface area (Å²) in [6.07, 6.45) is 9.46. The fourth-order valence-corrected chi connectivity index (χ4v) is 2.10. The molecule has 0 fully saturated rings. The van der Waals surface area contributed by atoms with Crippen molar-refractivity contribution in [2.75, 3.05) is 6.54 Å². The van der Waals surface area contributed by atoms with Gasteiger partial charge in [-0.3, -0.25) is 4.98 Å². The summed E-state index contributed by atoms with van der Waals surface area (Å²) >= 11 is 0. The summed E-state index contributed by atoms with van der Waals surface area (Å²) in [5.74, 6) is -0.218. The number of hydrogen-bond donors (Lipinski definition) is 2. The Kier molecular flexibility index (Phi) is 4.47. The fourth-order valence-electron chi connectivity index (χ4n) is 2.10. The van der Waals surface area contributed by atoms with E-state index in [0.717, 1.165) is 18.7 Å². The van der Waals surface area contributed by atoms with Crippen LogP contribution in [0.4, 0.5) is 0 Å². The third-order valence-electron chi connectivity index (χ3n) is 3.19. The van der Waals surface area contributed by atoms with Gasteiger partial charge in [-0.1, -0.05) is 12.2 Å². The number of aromatic carboxylic acids is 1. The maximum absolute atomic E-state index is 10.7. The average molecular weight is 246 g/mol. The molecule has 1 aromatic rings. The van der Waals surface area contributed by atoms with E-state index in [1.54, 1.807) is 12.1 Å². The van der Waals surface area contributed by atoms with Crippen molar-refractivity contribution in [1.29, 1.82) is 0 Å². The van der Waals surface area contributed by atoms with E-state index in [1.807, 2.05) is 0 Å². The molecule has 0 saturated carbocycles. The highest BCUT2D eigenvalue weighted by molar-refractivity contribution is 5.87. The number of allylic oxidation sites excluding steroid dienone is 2. The zero-order valence-corrected chi connectivity index (χ0v) is 10.3. The monoisotopic (exact) mass is 246 g/mol. The second-order valence-electron chi connectivity index (χ2n) is 4.62. The maximum Gasteiger partial charge on any atom is 0.337 e. The number of nitrogens with one attached hydrogen (secondary N) is 1. The van der Waals surface area contributed by atoms with Crippen molar-refractivity contribution >= 4 is 5.97 Å². The first-order valence-corrected chi connectivity index (χ1v) is 6.29. The molecule has 0 aliphatic heterocycles. The molecular formula is C14H18N2O2. The lowest BCUT2D eigenvalue weighted by atomic mass is 9.94. The van der Waals surface area contributed by atoms with Gasteiger partial charge in [0.1, 0.15) is 0 Å². The Balaban J connectivity index is 1.76. The molecular weight excluding hydrogens is 228 g/mol. The molecule has 0 bridgehead atoms. The van der Waals surface area contributed by atoms with Crippen molar-refractivity contribution in [2.45, 2.75) is 25.8 Å². The standard InChI is InChI=1S/C14H18N2O2/c17-14(18)12-6-7-13(16-9-12)10-15-8-11-4-2-1-3-5-11/h1-2,6-7,9,11,15H,3-5,8,10H2,(H,17,18). The second kappa shape index (κ2) is 6.31. The summed E-state index contributed by atoms with van der Waals surface area (Å²) in [6.45, 7) is 1.69.